The molecule has 8 heteroatoms. The Morgan fingerprint density at radius 2 is 2.04 bits per heavy atom. The number of amides is 1. The van der Waals surface area contributed by atoms with E-state index in [1.165, 1.54) is 25.8 Å². The van der Waals surface area contributed by atoms with Gasteiger partial charge in [-0.25, -0.2) is 8.42 Å². The molecule has 2 aromatic rings. The van der Waals surface area contributed by atoms with E-state index >= 15 is 0 Å². The lowest BCUT2D eigenvalue weighted by Crippen LogP contribution is -3.16. The lowest BCUT2D eigenvalue weighted by atomic mass is 10.0. The van der Waals surface area contributed by atoms with Crippen molar-refractivity contribution in [3.05, 3.63) is 47.3 Å². The summed E-state index contributed by atoms with van der Waals surface area (Å²) in [6.07, 6.45) is 4.79. The molecule has 6 nitrogen and oxygen atoms in total. The molecule has 1 aromatic carbocycles. The largest absolute Gasteiger partial charge is 0.352 e. The fourth-order valence-electron chi connectivity index (χ4n) is 3.62. The van der Waals surface area contributed by atoms with Gasteiger partial charge in [-0.15, -0.1) is 11.3 Å². The van der Waals surface area contributed by atoms with Crippen LogP contribution >= 0.6 is 11.3 Å². The number of benzene rings is 1. The zero-order valence-electron chi connectivity index (χ0n) is 16.1. The Labute approximate surface area is 171 Å². The minimum absolute atomic E-state index is 0.223. The average Bonchev–Trinajstić information content (AvgIpc) is 3.22. The molecule has 1 aliphatic heterocycles. The number of thiophene rings is 1. The summed E-state index contributed by atoms with van der Waals surface area (Å²) in [7, 11) is -3.69. The summed E-state index contributed by atoms with van der Waals surface area (Å²) in [6, 6.07) is 10.6. The summed E-state index contributed by atoms with van der Waals surface area (Å²) < 4.78 is 27.7. The topological polar surface area (TPSA) is 79.7 Å². The Hall–Kier alpha value is -1.90. The van der Waals surface area contributed by atoms with Crippen molar-refractivity contribution in [1.29, 1.82) is 0 Å². The van der Waals surface area contributed by atoms with Crippen molar-refractivity contribution >= 4 is 33.0 Å². The Bertz CT molecular complexity index is 882. The third-order valence-corrected chi connectivity index (χ3v) is 7.98. The quantitative estimate of drug-likeness (QED) is 0.570. The highest BCUT2D eigenvalue weighted by Gasteiger charge is 2.22. The Morgan fingerprint density at radius 1 is 1.21 bits per heavy atom. The van der Waals surface area contributed by atoms with Gasteiger partial charge in [-0.2, -0.15) is 0 Å². The minimum Gasteiger partial charge on any atom is -0.352 e. The number of quaternary nitrogens is 1. The second-order valence-electron chi connectivity index (χ2n) is 7.25. The van der Waals surface area contributed by atoms with Gasteiger partial charge in [0.1, 0.15) is 4.21 Å². The number of nitrogens with one attached hydrogen (secondary N) is 3. The molecule has 1 saturated heterocycles. The normalized spacial score (nSPS) is 19.9. The molecular formula is C20H28N3O3S2+. The first-order chi connectivity index (χ1) is 13.5. The standard InChI is InChI=1S/C20H27N3O3S2/c1-16-8-4-5-13-23(16)14-7-12-21-20(24)17-9-2-3-10-18(17)22-28(25,26)19-11-6-15-27-19/h2-3,6,9-11,15-16,22H,4-5,7-8,12-14H2,1H3,(H,21,24)/p+1/t16-/m0/s1. The Kier molecular flexibility index (Phi) is 7.09. The van der Waals surface area contributed by atoms with Crippen LogP contribution in [0.25, 0.3) is 0 Å². The summed E-state index contributed by atoms with van der Waals surface area (Å²) in [6.45, 7) is 5.14. The van der Waals surface area contributed by atoms with E-state index in [4.69, 9.17) is 0 Å². The molecule has 0 spiro atoms. The maximum atomic E-state index is 12.6. The van der Waals surface area contributed by atoms with Crippen LogP contribution in [0.1, 0.15) is 43.0 Å². The van der Waals surface area contributed by atoms with E-state index in [1.807, 2.05) is 0 Å². The van der Waals surface area contributed by atoms with E-state index in [1.54, 1.807) is 46.7 Å². The predicted octanol–water partition coefficient (Wildman–Crippen LogP) is 2.13. The van der Waals surface area contributed by atoms with Crippen molar-refractivity contribution in [2.75, 3.05) is 24.4 Å². The van der Waals surface area contributed by atoms with Crippen molar-refractivity contribution in [3.63, 3.8) is 0 Å². The molecule has 3 N–H and O–H groups in total. The summed E-state index contributed by atoms with van der Waals surface area (Å²) in [4.78, 5) is 14.2. The molecule has 1 fully saturated rings. The maximum absolute atomic E-state index is 12.6. The first-order valence-corrected chi connectivity index (χ1v) is 12.1. The molecule has 1 amide bonds. The van der Waals surface area contributed by atoms with Gasteiger partial charge in [0.15, 0.2) is 0 Å². The van der Waals surface area contributed by atoms with Crippen molar-refractivity contribution in [3.8, 4) is 0 Å². The Balaban J connectivity index is 1.57. The molecule has 0 bridgehead atoms. The van der Waals surface area contributed by atoms with Crippen LogP contribution in [0, 0.1) is 0 Å². The van der Waals surface area contributed by atoms with Gasteiger partial charge in [-0.1, -0.05) is 18.2 Å². The van der Waals surface area contributed by atoms with Crippen LogP contribution in [-0.4, -0.2) is 40.0 Å². The minimum atomic E-state index is -3.69. The van der Waals surface area contributed by atoms with Crippen LogP contribution in [0.5, 0.6) is 0 Å². The van der Waals surface area contributed by atoms with Crippen LogP contribution in [0.3, 0.4) is 0 Å². The van der Waals surface area contributed by atoms with E-state index in [0.717, 1.165) is 24.3 Å². The Morgan fingerprint density at radius 3 is 2.79 bits per heavy atom. The SMILES string of the molecule is C[C@H]1CCCC[NH+]1CCCNC(=O)c1ccccc1NS(=O)(=O)c1cccs1. The van der Waals surface area contributed by atoms with E-state index in [9.17, 15) is 13.2 Å². The third-order valence-electron chi connectivity index (χ3n) is 5.22. The highest BCUT2D eigenvalue weighted by Crippen LogP contribution is 2.22. The lowest BCUT2D eigenvalue weighted by Gasteiger charge is -2.30. The van der Waals surface area contributed by atoms with Crippen LogP contribution in [0.15, 0.2) is 46.0 Å². The maximum Gasteiger partial charge on any atom is 0.271 e. The van der Waals surface area contributed by atoms with Crippen LogP contribution in [0.2, 0.25) is 0 Å². The van der Waals surface area contributed by atoms with Gasteiger partial charge < -0.3 is 10.2 Å². The van der Waals surface area contributed by atoms with E-state index in [-0.39, 0.29) is 10.1 Å². The lowest BCUT2D eigenvalue weighted by molar-refractivity contribution is -0.928. The van der Waals surface area contributed by atoms with Gasteiger partial charge in [-0.05, 0) is 49.8 Å². The van der Waals surface area contributed by atoms with E-state index < -0.39 is 10.0 Å². The summed E-state index contributed by atoms with van der Waals surface area (Å²) in [5.41, 5.74) is 0.630. The third kappa shape index (κ3) is 5.33. The highest BCUT2D eigenvalue weighted by molar-refractivity contribution is 7.94. The number of carbonyl (C=O) groups is 1. The van der Waals surface area contributed by atoms with Gasteiger partial charge in [0.25, 0.3) is 15.9 Å². The van der Waals surface area contributed by atoms with Gasteiger partial charge in [0.2, 0.25) is 0 Å². The van der Waals surface area contributed by atoms with Gasteiger partial charge in [-0.3, -0.25) is 9.52 Å². The fourth-order valence-corrected chi connectivity index (χ4v) is 5.69. The van der Waals surface area contributed by atoms with Crippen molar-refractivity contribution in [2.45, 2.75) is 42.9 Å². The average molecular weight is 423 g/mol. The molecule has 2 heterocycles. The number of carbonyl (C=O) groups excluding carboxylic acids is 1. The molecular weight excluding hydrogens is 394 g/mol. The number of sulfonamides is 1. The number of anilines is 1. The first-order valence-electron chi connectivity index (χ1n) is 9.75. The van der Waals surface area contributed by atoms with Crippen LogP contribution in [-0.2, 0) is 10.0 Å². The van der Waals surface area contributed by atoms with Gasteiger partial charge >= 0.3 is 0 Å². The summed E-state index contributed by atoms with van der Waals surface area (Å²) in [5.74, 6) is -0.258. The molecule has 152 valence electrons. The molecule has 3 rings (SSSR count). The molecule has 1 aromatic heterocycles. The van der Waals surface area contributed by atoms with Crippen molar-refractivity contribution in [2.24, 2.45) is 0 Å². The van der Waals surface area contributed by atoms with E-state index in [2.05, 4.69) is 17.0 Å². The number of rotatable bonds is 8. The number of likely N-dealkylation sites (tertiary alicyclic amines) is 1. The van der Waals surface area contributed by atoms with Crippen LogP contribution in [0.4, 0.5) is 5.69 Å². The summed E-state index contributed by atoms with van der Waals surface area (Å²) >= 11 is 1.14. The molecule has 0 aliphatic carbocycles. The monoisotopic (exact) mass is 422 g/mol. The summed E-state index contributed by atoms with van der Waals surface area (Å²) in [5, 5.41) is 4.64. The molecule has 2 atom stereocenters. The van der Waals surface area contributed by atoms with Crippen molar-refractivity contribution < 1.29 is 18.1 Å². The molecule has 1 aliphatic rings. The number of piperidine rings is 1. The number of hydrogen-bond acceptors (Lipinski definition) is 4. The van der Waals surface area contributed by atoms with E-state index in [0.29, 0.717) is 23.8 Å². The van der Waals surface area contributed by atoms with Gasteiger partial charge in [0, 0.05) is 13.0 Å². The fraction of sp³-hybridized carbons (Fsp3) is 0.450. The van der Waals surface area contributed by atoms with Gasteiger partial charge in [0.05, 0.1) is 30.4 Å². The number of hydrogen-bond donors (Lipinski definition) is 3. The zero-order valence-corrected chi connectivity index (χ0v) is 17.7. The van der Waals surface area contributed by atoms with Crippen LogP contribution < -0.4 is 14.9 Å². The highest BCUT2D eigenvalue weighted by atomic mass is 32.2. The number of para-hydroxylation sites is 1. The molecule has 28 heavy (non-hydrogen) atoms. The first kappa shape index (κ1) is 20.8. The zero-order chi connectivity index (χ0) is 20.0. The molecule has 0 radical (unpaired) electrons. The van der Waals surface area contributed by atoms with Crippen molar-refractivity contribution in [1.82, 2.24) is 5.32 Å². The smallest absolute Gasteiger partial charge is 0.271 e. The predicted molar refractivity (Wildman–Crippen MR) is 113 cm³/mol. The molecule has 1 unspecified atom stereocenters. The second-order valence-corrected chi connectivity index (χ2v) is 10.1. The molecule has 0 saturated carbocycles. The second kappa shape index (κ2) is 9.54.